The summed E-state index contributed by atoms with van der Waals surface area (Å²) in [4.78, 5) is 27.8. The van der Waals surface area contributed by atoms with Gasteiger partial charge in [-0.15, -0.1) is 0 Å². The first-order valence-electron chi connectivity index (χ1n) is 9.43. The molecule has 0 N–H and O–H groups in total. The van der Waals surface area contributed by atoms with Gasteiger partial charge in [-0.1, -0.05) is 30.3 Å². The fourth-order valence-electron chi connectivity index (χ4n) is 3.35. The van der Waals surface area contributed by atoms with E-state index >= 15 is 0 Å². The molecule has 1 atom stereocenters. The quantitative estimate of drug-likeness (QED) is 0.666. The Morgan fingerprint density at radius 3 is 2.03 bits per heavy atom. The summed E-state index contributed by atoms with van der Waals surface area (Å²) in [7, 11) is 4.42. The highest BCUT2D eigenvalue weighted by molar-refractivity contribution is 5.96. The van der Waals surface area contributed by atoms with Crippen molar-refractivity contribution < 1.29 is 28.5 Å². The Morgan fingerprint density at radius 2 is 1.45 bits per heavy atom. The minimum Gasteiger partial charge on any atom is -0.496 e. The van der Waals surface area contributed by atoms with Crippen molar-refractivity contribution in [2.45, 2.75) is 18.9 Å². The smallest absolute Gasteiger partial charge is 0.343 e. The predicted molar refractivity (Wildman–Crippen MR) is 107 cm³/mol. The van der Waals surface area contributed by atoms with Crippen LogP contribution in [0.3, 0.4) is 0 Å². The third kappa shape index (κ3) is 4.45. The van der Waals surface area contributed by atoms with Gasteiger partial charge in [0.25, 0.3) is 5.91 Å². The summed E-state index contributed by atoms with van der Waals surface area (Å²) < 4.78 is 21.6. The molecule has 3 rings (SSSR count). The fourth-order valence-corrected chi connectivity index (χ4v) is 3.35. The number of benzene rings is 2. The van der Waals surface area contributed by atoms with Crippen LogP contribution < -0.4 is 14.2 Å². The van der Waals surface area contributed by atoms with E-state index in [0.717, 1.165) is 12.8 Å². The second-order valence-electron chi connectivity index (χ2n) is 6.64. The minimum atomic E-state index is -1.03. The molecule has 1 aliphatic heterocycles. The molecular weight excluding hydrogens is 374 g/mol. The van der Waals surface area contributed by atoms with Crippen molar-refractivity contribution in [3.63, 3.8) is 0 Å². The molecular formula is C22H25NO6. The van der Waals surface area contributed by atoms with Crippen molar-refractivity contribution in [2.75, 3.05) is 34.4 Å². The van der Waals surface area contributed by atoms with Crippen LogP contribution in [-0.4, -0.2) is 51.2 Å². The number of methoxy groups -OCH3 is 3. The lowest BCUT2D eigenvalue weighted by atomic mass is 10.1. The van der Waals surface area contributed by atoms with Crippen molar-refractivity contribution in [3.8, 4) is 17.2 Å². The van der Waals surface area contributed by atoms with Gasteiger partial charge in [-0.2, -0.15) is 0 Å². The molecule has 1 amide bonds. The van der Waals surface area contributed by atoms with Crippen molar-refractivity contribution in [3.05, 3.63) is 53.6 Å². The van der Waals surface area contributed by atoms with Gasteiger partial charge in [0.15, 0.2) is 11.5 Å². The van der Waals surface area contributed by atoms with Crippen LogP contribution >= 0.6 is 0 Å². The number of hydrogen-bond acceptors (Lipinski definition) is 6. The van der Waals surface area contributed by atoms with E-state index in [1.807, 2.05) is 18.2 Å². The summed E-state index contributed by atoms with van der Waals surface area (Å²) in [6.45, 7) is 1.33. The number of hydrogen-bond donors (Lipinski definition) is 0. The summed E-state index contributed by atoms with van der Waals surface area (Å²) in [5.74, 6) is 0.162. The van der Waals surface area contributed by atoms with Gasteiger partial charge in [0, 0.05) is 30.8 Å². The predicted octanol–water partition coefficient (Wildman–Crippen LogP) is 3.23. The second kappa shape index (κ2) is 9.32. The molecule has 0 bridgehead atoms. The van der Waals surface area contributed by atoms with Gasteiger partial charge in [0.05, 0.1) is 21.3 Å². The zero-order chi connectivity index (χ0) is 20.8. The first-order valence-corrected chi connectivity index (χ1v) is 9.43. The average molecular weight is 399 g/mol. The zero-order valence-corrected chi connectivity index (χ0v) is 16.8. The Labute approximate surface area is 170 Å². The largest absolute Gasteiger partial charge is 0.496 e. The minimum absolute atomic E-state index is 0.153. The lowest BCUT2D eigenvalue weighted by molar-refractivity contribution is -0.140. The first-order chi connectivity index (χ1) is 14.1. The van der Waals surface area contributed by atoms with Crippen LogP contribution in [0, 0.1) is 0 Å². The first kappa shape index (κ1) is 20.5. The highest BCUT2D eigenvalue weighted by atomic mass is 16.6. The molecule has 7 heteroatoms. The lowest BCUT2D eigenvalue weighted by Crippen LogP contribution is -2.35. The molecule has 29 heavy (non-hydrogen) atoms. The molecule has 0 aliphatic carbocycles. The van der Waals surface area contributed by atoms with Crippen LogP contribution in [0.25, 0.3) is 0 Å². The molecule has 2 aromatic carbocycles. The summed E-state index contributed by atoms with van der Waals surface area (Å²) in [6.07, 6.45) is 0.870. The zero-order valence-electron chi connectivity index (χ0n) is 16.8. The highest BCUT2D eigenvalue weighted by Gasteiger charge is 2.32. The van der Waals surface area contributed by atoms with Crippen LogP contribution in [0.5, 0.6) is 17.2 Å². The molecule has 0 saturated carbocycles. The maximum absolute atomic E-state index is 13.1. The second-order valence-corrected chi connectivity index (χ2v) is 6.64. The van der Waals surface area contributed by atoms with E-state index in [2.05, 4.69) is 0 Å². The monoisotopic (exact) mass is 399 g/mol. The van der Waals surface area contributed by atoms with Crippen LogP contribution in [0.4, 0.5) is 0 Å². The number of esters is 1. The van der Waals surface area contributed by atoms with E-state index in [1.54, 1.807) is 23.1 Å². The Balaban J connectivity index is 1.93. The van der Waals surface area contributed by atoms with Gasteiger partial charge in [0.1, 0.15) is 11.3 Å². The van der Waals surface area contributed by atoms with Crippen LogP contribution in [0.15, 0.2) is 42.5 Å². The number of likely N-dealkylation sites (tertiary alicyclic amines) is 1. The fraction of sp³-hybridized carbons (Fsp3) is 0.364. The van der Waals surface area contributed by atoms with E-state index in [0.29, 0.717) is 30.2 Å². The van der Waals surface area contributed by atoms with Gasteiger partial charge in [0.2, 0.25) is 6.10 Å². The number of carbonyl (C=O) groups excluding carboxylic acids is 2. The number of amides is 1. The standard InChI is InChI=1S/C22H25NO6/c1-26-17-14-19(28-3)18(27-2)13-16(17)22(25)29-20(15-9-5-4-6-10-15)21(24)23-11-7-8-12-23/h4-6,9-10,13-14,20H,7-8,11-12H2,1-3H3/t20-/m0/s1. The Morgan fingerprint density at radius 1 is 0.862 bits per heavy atom. The number of nitrogens with zero attached hydrogens (tertiary/aromatic N) is 1. The molecule has 0 radical (unpaired) electrons. The van der Waals surface area contributed by atoms with Crippen LogP contribution in [0.1, 0.15) is 34.9 Å². The van der Waals surface area contributed by atoms with Gasteiger partial charge in [-0.3, -0.25) is 4.79 Å². The summed E-state index contributed by atoms with van der Waals surface area (Å²) in [5.41, 5.74) is 0.775. The van der Waals surface area contributed by atoms with E-state index in [9.17, 15) is 9.59 Å². The lowest BCUT2D eigenvalue weighted by Gasteiger charge is -2.24. The molecule has 1 saturated heterocycles. The summed E-state index contributed by atoms with van der Waals surface area (Å²) in [6, 6.07) is 12.1. The maximum atomic E-state index is 13.1. The number of carbonyl (C=O) groups is 2. The van der Waals surface area contributed by atoms with E-state index in [-0.39, 0.29) is 17.2 Å². The van der Waals surface area contributed by atoms with Gasteiger partial charge in [-0.05, 0) is 12.8 Å². The van der Waals surface area contributed by atoms with Gasteiger partial charge >= 0.3 is 5.97 Å². The summed E-state index contributed by atoms with van der Waals surface area (Å²) in [5, 5.41) is 0. The molecule has 7 nitrogen and oxygen atoms in total. The number of ether oxygens (including phenoxy) is 4. The van der Waals surface area contributed by atoms with Crippen molar-refractivity contribution >= 4 is 11.9 Å². The molecule has 0 spiro atoms. The van der Waals surface area contributed by atoms with Crippen molar-refractivity contribution in [2.24, 2.45) is 0 Å². The Kier molecular flexibility index (Phi) is 6.59. The molecule has 0 aromatic heterocycles. The maximum Gasteiger partial charge on any atom is 0.343 e. The third-order valence-corrected chi connectivity index (χ3v) is 4.89. The SMILES string of the molecule is COc1cc(OC)c(C(=O)O[C@H](C(=O)N2CCCC2)c2ccccc2)cc1OC. The molecule has 0 unspecified atom stereocenters. The van der Waals surface area contributed by atoms with Crippen LogP contribution in [0.2, 0.25) is 0 Å². The molecule has 1 heterocycles. The topological polar surface area (TPSA) is 74.3 Å². The molecule has 1 aliphatic rings. The summed E-state index contributed by atoms with van der Waals surface area (Å²) >= 11 is 0. The molecule has 154 valence electrons. The van der Waals surface area contributed by atoms with E-state index in [1.165, 1.54) is 27.4 Å². The normalized spacial score (nSPS) is 14.2. The Hall–Kier alpha value is -3.22. The van der Waals surface area contributed by atoms with Gasteiger partial charge in [-0.25, -0.2) is 4.79 Å². The van der Waals surface area contributed by atoms with Gasteiger partial charge < -0.3 is 23.8 Å². The highest BCUT2D eigenvalue weighted by Crippen LogP contribution is 2.36. The average Bonchev–Trinajstić information content (AvgIpc) is 3.31. The van der Waals surface area contributed by atoms with E-state index < -0.39 is 12.1 Å². The number of rotatable bonds is 7. The van der Waals surface area contributed by atoms with Crippen molar-refractivity contribution in [1.82, 2.24) is 4.90 Å². The molecule has 1 fully saturated rings. The Bertz CT molecular complexity index is 861. The van der Waals surface area contributed by atoms with Crippen molar-refractivity contribution in [1.29, 1.82) is 0 Å². The molecule has 2 aromatic rings. The van der Waals surface area contributed by atoms with Crippen LogP contribution in [-0.2, 0) is 9.53 Å². The van der Waals surface area contributed by atoms with E-state index in [4.69, 9.17) is 18.9 Å². The third-order valence-electron chi connectivity index (χ3n) is 4.89.